The lowest BCUT2D eigenvalue weighted by Gasteiger charge is -2.18. The van der Waals surface area contributed by atoms with E-state index in [4.69, 9.17) is 10.5 Å². The highest BCUT2D eigenvalue weighted by molar-refractivity contribution is 5.94. The van der Waals surface area contributed by atoms with Gasteiger partial charge in [0.1, 0.15) is 11.6 Å². The van der Waals surface area contributed by atoms with E-state index in [2.05, 4.69) is 17.2 Å². The topological polar surface area (TPSA) is 99.2 Å². The summed E-state index contributed by atoms with van der Waals surface area (Å²) in [6.07, 6.45) is 5.26. The van der Waals surface area contributed by atoms with E-state index in [9.17, 15) is 9.59 Å². The third-order valence-electron chi connectivity index (χ3n) is 3.53. The molecule has 0 radical (unpaired) electrons. The van der Waals surface area contributed by atoms with Crippen LogP contribution in [0.25, 0.3) is 0 Å². The normalized spacial score (nSPS) is 11.8. The molecule has 0 aliphatic heterocycles. The second-order valence-corrected chi connectivity index (χ2v) is 5.49. The van der Waals surface area contributed by atoms with Crippen molar-refractivity contribution >= 4 is 11.8 Å². The number of amides is 2. The van der Waals surface area contributed by atoms with E-state index in [-0.39, 0.29) is 18.6 Å². The predicted octanol–water partition coefficient (Wildman–Crippen LogP) is 1.56. The zero-order valence-electron chi connectivity index (χ0n) is 13.9. The average molecular weight is 330 g/mol. The van der Waals surface area contributed by atoms with E-state index in [1.165, 1.54) is 0 Å². The van der Waals surface area contributed by atoms with Crippen LogP contribution in [-0.4, -0.2) is 28.0 Å². The minimum absolute atomic E-state index is 0.169. The Kier molecular flexibility index (Phi) is 5.95. The Morgan fingerprint density at radius 2 is 2.21 bits per heavy atom. The first-order valence-corrected chi connectivity index (χ1v) is 7.80. The Morgan fingerprint density at radius 3 is 2.83 bits per heavy atom. The summed E-state index contributed by atoms with van der Waals surface area (Å²) in [4.78, 5) is 27.6. The van der Waals surface area contributed by atoms with Gasteiger partial charge in [-0.3, -0.25) is 9.59 Å². The predicted molar refractivity (Wildman–Crippen MR) is 89.5 cm³/mol. The minimum Gasteiger partial charge on any atom is -0.484 e. The van der Waals surface area contributed by atoms with Crippen molar-refractivity contribution in [2.45, 2.75) is 25.8 Å². The van der Waals surface area contributed by atoms with E-state index >= 15 is 0 Å². The number of carbonyl (C=O) groups excluding carboxylic acids is 2. The van der Waals surface area contributed by atoms with Gasteiger partial charge in [0.05, 0.1) is 6.04 Å². The summed E-state index contributed by atoms with van der Waals surface area (Å²) >= 11 is 0. The Labute approximate surface area is 140 Å². The standard InChI is InChI=1S/C17H22N4O3/c1-3-5-14(16-19-8-9-21(16)2)20-17(23)12-6-4-7-13(10-12)24-11-15(18)22/h4,6-10,14H,3,5,11H2,1-2H3,(H2,18,22)(H,20,23)/t14-/m0/s1. The number of aryl methyl sites for hydroxylation is 1. The van der Waals surface area contributed by atoms with Gasteiger partial charge in [-0.25, -0.2) is 4.98 Å². The van der Waals surface area contributed by atoms with Crippen molar-refractivity contribution in [3.63, 3.8) is 0 Å². The van der Waals surface area contributed by atoms with Crippen molar-refractivity contribution in [2.75, 3.05) is 6.61 Å². The number of nitrogens with zero attached hydrogens (tertiary/aromatic N) is 2. The summed E-state index contributed by atoms with van der Waals surface area (Å²) in [7, 11) is 1.90. The highest BCUT2D eigenvalue weighted by Gasteiger charge is 2.18. The van der Waals surface area contributed by atoms with E-state index in [1.54, 1.807) is 30.5 Å². The van der Waals surface area contributed by atoms with Crippen LogP contribution >= 0.6 is 0 Å². The molecule has 0 saturated heterocycles. The molecule has 7 nitrogen and oxygen atoms in total. The van der Waals surface area contributed by atoms with Crippen molar-refractivity contribution in [3.05, 3.63) is 48.0 Å². The third kappa shape index (κ3) is 4.58. The fourth-order valence-electron chi connectivity index (χ4n) is 2.39. The smallest absolute Gasteiger partial charge is 0.255 e. The molecule has 1 aromatic heterocycles. The number of nitrogens with one attached hydrogen (secondary N) is 1. The van der Waals surface area contributed by atoms with Gasteiger partial charge in [0.15, 0.2) is 6.61 Å². The Hall–Kier alpha value is -2.83. The van der Waals surface area contributed by atoms with Crippen LogP contribution in [0.1, 0.15) is 42.0 Å². The maximum Gasteiger partial charge on any atom is 0.255 e. The molecule has 24 heavy (non-hydrogen) atoms. The maximum absolute atomic E-state index is 12.5. The molecule has 2 rings (SSSR count). The van der Waals surface area contributed by atoms with Gasteiger partial charge < -0.3 is 20.4 Å². The lowest BCUT2D eigenvalue weighted by molar-refractivity contribution is -0.119. The number of hydrogen-bond donors (Lipinski definition) is 2. The molecule has 0 aliphatic rings. The lowest BCUT2D eigenvalue weighted by Crippen LogP contribution is -2.30. The Balaban J connectivity index is 2.11. The van der Waals surface area contributed by atoms with Crippen LogP contribution in [0.15, 0.2) is 36.7 Å². The van der Waals surface area contributed by atoms with Gasteiger partial charge in [-0.2, -0.15) is 0 Å². The summed E-state index contributed by atoms with van der Waals surface area (Å²) in [6, 6.07) is 6.47. The summed E-state index contributed by atoms with van der Waals surface area (Å²) in [5, 5.41) is 3.00. The molecule has 0 spiro atoms. The van der Waals surface area contributed by atoms with Gasteiger partial charge in [0.2, 0.25) is 0 Å². The Bertz CT molecular complexity index is 711. The van der Waals surface area contributed by atoms with Crippen molar-refractivity contribution < 1.29 is 14.3 Å². The SMILES string of the molecule is CCC[C@H](NC(=O)c1cccc(OCC(N)=O)c1)c1nccn1C. The first-order valence-electron chi connectivity index (χ1n) is 7.80. The van der Waals surface area contributed by atoms with Gasteiger partial charge in [-0.05, 0) is 24.6 Å². The molecule has 1 heterocycles. The monoisotopic (exact) mass is 330 g/mol. The molecule has 2 aromatic rings. The van der Waals surface area contributed by atoms with E-state index in [0.717, 1.165) is 18.7 Å². The van der Waals surface area contributed by atoms with Gasteiger partial charge in [0.25, 0.3) is 11.8 Å². The molecule has 2 amide bonds. The molecule has 0 aliphatic carbocycles. The van der Waals surface area contributed by atoms with Crippen molar-refractivity contribution in [1.82, 2.24) is 14.9 Å². The van der Waals surface area contributed by atoms with Crippen molar-refractivity contribution in [1.29, 1.82) is 0 Å². The fourth-order valence-corrected chi connectivity index (χ4v) is 2.39. The second-order valence-electron chi connectivity index (χ2n) is 5.49. The van der Waals surface area contributed by atoms with Crippen LogP contribution in [-0.2, 0) is 11.8 Å². The van der Waals surface area contributed by atoms with Gasteiger partial charge in [-0.1, -0.05) is 19.4 Å². The molecule has 1 atom stereocenters. The van der Waals surface area contributed by atoms with Crippen LogP contribution in [0.4, 0.5) is 0 Å². The Morgan fingerprint density at radius 1 is 1.42 bits per heavy atom. The number of primary amides is 1. The van der Waals surface area contributed by atoms with Crippen LogP contribution in [0, 0.1) is 0 Å². The van der Waals surface area contributed by atoms with Crippen molar-refractivity contribution in [3.8, 4) is 5.75 Å². The van der Waals surface area contributed by atoms with Crippen LogP contribution in [0.3, 0.4) is 0 Å². The summed E-state index contributed by atoms with van der Waals surface area (Å²) < 4.78 is 7.13. The zero-order chi connectivity index (χ0) is 17.5. The van der Waals surface area contributed by atoms with Crippen LogP contribution in [0.2, 0.25) is 0 Å². The number of benzene rings is 1. The first kappa shape index (κ1) is 17.5. The molecular weight excluding hydrogens is 308 g/mol. The number of aromatic nitrogens is 2. The van der Waals surface area contributed by atoms with Gasteiger partial charge in [0, 0.05) is 25.0 Å². The van der Waals surface area contributed by atoms with Gasteiger partial charge >= 0.3 is 0 Å². The molecule has 0 fully saturated rings. The fraction of sp³-hybridized carbons (Fsp3) is 0.353. The summed E-state index contributed by atoms with van der Waals surface area (Å²) in [5.41, 5.74) is 5.50. The molecule has 0 bridgehead atoms. The molecule has 7 heteroatoms. The van der Waals surface area contributed by atoms with Crippen LogP contribution < -0.4 is 15.8 Å². The molecule has 3 N–H and O–H groups in total. The zero-order valence-corrected chi connectivity index (χ0v) is 13.9. The highest BCUT2D eigenvalue weighted by Crippen LogP contribution is 2.18. The molecular formula is C17H22N4O3. The number of nitrogens with two attached hydrogens (primary N) is 1. The molecule has 1 aromatic carbocycles. The molecule has 0 saturated carbocycles. The minimum atomic E-state index is -0.567. The summed E-state index contributed by atoms with van der Waals surface area (Å²) in [6.45, 7) is 1.83. The van der Waals surface area contributed by atoms with Crippen molar-refractivity contribution in [2.24, 2.45) is 12.8 Å². The van der Waals surface area contributed by atoms with E-state index in [0.29, 0.717) is 11.3 Å². The van der Waals surface area contributed by atoms with E-state index in [1.807, 2.05) is 17.8 Å². The largest absolute Gasteiger partial charge is 0.484 e. The average Bonchev–Trinajstić information content (AvgIpc) is 2.98. The van der Waals surface area contributed by atoms with E-state index < -0.39 is 5.91 Å². The highest BCUT2D eigenvalue weighted by atomic mass is 16.5. The third-order valence-corrected chi connectivity index (χ3v) is 3.53. The lowest BCUT2D eigenvalue weighted by atomic mass is 10.1. The maximum atomic E-state index is 12.5. The summed E-state index contributed by atoms with van der Waals surface area (Å²) in [5.74, 6) is 0.445. The quantitative estimate of drug-likeness (QED) is 0.767. The number of hydrogen-bond acceptors (Lipinski definition) is 4. The van der Waals surface area contributed by atoms with Gasteiger partial charge in [-0.15, -0.1) is 0 Å². The second kappa shape index (κ2) is 8.14. The number of rotatable bonds is 8. The number of carbonyl (C=O) groups is 2. The molecule has 128 valence electrons. The van der Waals surface area contributed by atoms with Crippen LogP contribution in [0.5, 0.6) is 5.75 Å². The number of imidazole rings is 1. The first-order chi connectivity index (χ1) is 11.5. The number of ether oxygens (including phenoxy) is 1. The molecule has 0 unspecified atom stereocenters.